The molecule has 0 aromatic rings. The Kier molecular flexibility index (Phi) is 3.96. The summed E-state index contributed by atoms with van der Waals surface area (Å²) < 4.78 is 47.6. The summed E-state index contributed by atoms with van der Waals surface area (Å²) >= 11 is 0. The monoisotopic (exact) mass is 187 g/mol. The number of halogens is 4. The van der Waals surface area contributed by atoms with Crippen molar-refractivity contribution >= 4 is 0 Å². The van der Waals surface area contributed by atoms with Crippen molar-refractivity contribution in [1.29, 1.82) is 0 Å². The van der Waals surface area contributed by atoms with E-state index in [9.17, 15) is 17.6 Å². The van der Waals surface area contributed by atoms with Crippen LogP contribution in [0.2, 0.25) is 0 Å². The van der Waals surface area contributed by atoms with E-state index in [0.29, 0.717) is 0 Å². The van der Waals surface area contributed by atoms with E-state index < -0.39 is 18.3 Å². The van der Waals surface area contributed by atoms with Crippen LogP contribution >= 0.6 is 0 Å². The predicted octanol–water partition coefficient (Wildman–Crippen LogP) is 2.41. The summed E-state index contributed by atoms with van der Waals surface area (Å²) in [5.41, 5.74) is 3.34. The molecule has 0 aromatic carbocycles. The quantitative estimate of drug-likeness (QED) is 0.672. The second-order valence-electron chi connectivity index (χ2n) is 3.09. The molecule has 0 saturated carbocycles. The molecule has 0 aliphatic heterocycles. The van der Waals surface area contributed by atoms with Gasteiger partial charge in [0.25, 0.3) is 0 Å². The molecule has 5 heteroatoms. The number of rotatable bonds is 4. The van der Waals surface area contributed by atoms with Crippen molar-refractivity contribution in [2.45, 2.75) is 38.0 Å². The lowest BCUT2D eigenvalue weighted by molar-refractivity contribution is -0.136. The van der Waals surface area contributed by atoms with Crippen LogP contribution in [0.4, 0.5) is 17.6 Å². The highest BCUT2D eigenvalue weighted by Crippen LogP contribution is 2.25. The number of hydrogen-bond acceptors (Lipinski definition) is 1. The van der Waals surface area contributed by atoms with Crippen LogP contribution in [0.25, 0.3) is 0 Å². The summed E-state index contributed by atoms with van der Waals surface area (Å²) in [5, 5.41) is 0. The maximum atomic E-state index is 12.9. The lowest BCUT2D eigenvalue weighted by Gasteiger charge is -2.17. The van der Waals surface area contributed by atoms with Crippen molar-refractivity contribution in [1.82, 2.24) is 0 Å². The molecule has 0 aliphatic rings. The molecule has 1 nitrogen and oxygen atoms in total. The summed E-state index contributed by atoms with van der Waals surface area (Å²) in [5.74, 6) is 0. The molecule has 0 saturated heterocycles. The van der Waals surface area contributed by atoms with Gasteiger partial charge in [0.15, 0.2) is 0 Å². The summed E-state index contributed by atoms with van der Waals surface area (Å²) in [6, 6.07) is 0. The van der Waals surface area contributed by atoms with Crippen LogP contribution < -0.4 is 5.73 Å². The average Bonchev–Trinajstić information content (AvgIpc) is 1.84. The molecule has 0 aromatic heterocycles. The van der Waals surface area contributed by atoms with E-state index in [4.69, 9.17) is 5.73 Å². The molecule has 0 spiro atoms. The van der Waals surface area contributed by atoms with Crippen molar-refractivity contribution in [3.05, 3.63) is 0 Å². The molecule has 0 radical (unpaired) electrons. The summed E-state index contributed by atoms with van der Waals surface area (Å²) in [6.07, 6.45) is -5.46. The molecule has 0 heterocycles. The van der Waals surface area contributed by atoms with Crippen LogP contribution in [-0.2, 0) is 0 Å². The molecule has 1 unspecified atom stereocenters. The van der Waals surface area contributed by atoms with Gasteiger partial charge in [-0.15, -0.1) is 0 Å². The minimum atomic E-state index is -4.19. The molecule has 74 valence electrons. The van der Waals surface area contributed by atoms with Gasteiger partial charge in [0.2, 0.25) is 0 Å². The summed E-state index contributed by atoms with van der Waals surface area (Å²) in [7, 11) is 0. The Labute approximate surface area is 68.9 Å². The standard InChI is InChI=1S/C7H13F4N/c1-6(8,5-12)3-2-4-7(9,10)11/h2-5,12H2,1H3. The van der Waals surface area contributed by atoms with Crippen LogP contribution in [0.1, 0.15) is 26.2 Å². The van der Waals surface area contributed by atoms with E-state index in [1.165, 1.54) is 6.92 Å². The van der Waals surface area contributed by atoms with Crippen molar-refractivity contribution in [2.75, 3.05) is 6.54 Å². The van der Waals surface area contributed by atoms with Gasteiger partial charge in [-0.25, -0.2) is 4.39 Å². The highest BCUT2D eigenvalue weighted by atomic mass is 19.4. The van der Waals surface area contributed by atoms with E-state index >= 15 is 0 Å². The molecule has 0 fully saturated rings. The third-order valence-corrected chi connectivity index (χ3v) is 1.58. The smallest absolute Gasteiger partial charge is 0.328 e. The maximum absolute atomic E-state index is 12.9. The first-order chi connectivity index (χ1) is 5.27. The van der Waals surface area contributed by atoms with Gasteiger partial charge in [0.1, 0.15) is 5.67 Å². The van der Waals surface area contributed by atoms with Gasteiger partial charge >= 0.3 is 6.18 Å². The highest BCUT2D eigenvalue weighted by molar-refractivity contribution is 4.74. The van der Waals surface area contributed by atoms with Gasteiger partial charge in [0.05, 0.1) is 0 Å². The van der Waals surface area contributed by atoms with Crippen molar-refractivity contribution in [3.8, 4) is 0 Å². The van der Waals surface area contributed by atoms with Gasteiger partial charge in [-0.3, -0.25) is 0 Å². The molecule has 0 aliphatic carbocycles. The third kappa shape index (κ3) is 6.39. The zero-order chi connectivity index (χ0) is 9.83. The number of hydrogen-bond donors (Lipinski definition) is 1. The highest BCUT2D eigenvalue weighted by Gasteiger charge is 2.29. The van der Waals surface area contributed by atoms with Crippen LogP contribution in [0.15, 0.2) is 0 Å². The second kappa shape index (κ2) is 4.07. The topological polar surface area (TPSA) is 26.0 Å². The van der Waals surface area contributed by atoms with Gasteiger partial charge < -0.3 is 5.73 Å². The first-order valence-electron chi connectivity index (χ1n) is 3.72. The van der Waals surface area contributed by atoms with Gasteiger partial charge in [-0.05, 0) is 19.8 Å². The molecule has 0 bridgehead atoms. The lowest BCUT2D eigenvalue weighted by atomic mass is 10.0. The lowest BCUT2D eigenvalue weighted by Crippen LogP contribution is -2.29. The second-order valence-corrected chi connectivity index (χ2v) is 3.09. The van der Waals surface area contributed by atoms with E-state index in [-0.39, 0.29) is 19.4 Å². The first kappa shape index (κ1) is 11.7. The normalized spacial score (nSPS) is 17.5. The van der Waals surface area contributed by atoms with Crippen molar-refractivity contribution < 1.29 is 17.6 Å². The Morgan fingerprint density at radius 1 is 1.08 bits per heavy atom. The fourth-order valence-electron chi connectivity index (χ4n) is 0.759. The Hall–Kier alpha value is -0.320. The molecule has 0 rings (SSSR count). The van der Waals surface area contributed by atoms with Gasteiger partial charge in [-0.2, -0.15) is 13.2 Å². The minimum absolute atomic E-state index is 0.136. The van der Waals surface area contributed by atoms with Crippen molar-refractivity contribution in [3.63, 3.8) is 0 Å². The summed E-state index contributed by atoms with van der Waals surface area (Å²) in [6.45, 7) is 0.980. The Bertz CT molecular complexity index is 130. The largest absolute Gasteiger partial charge is 0.389 e. The average molecular weight is 187 g/mol. The fraction of sp³-hybridized carbons (Fsp3) is 1.00. The van der Waals surface area contributed by atoms with Crippen LogP contribution in [0.3, 0.4) is 0 Å². The molecular formula is C7H13F4N. The Morgan fingerprint density at radius 3 is 1.92 bits per heavy atom. The third-order valence-electron chi connectivity index (χ3n) is 1.58. The summed E-state index contributed by atoms with van der Waals surface area (Å²) in [4.78, 5) is 0. The van der Waals surface area contributed by atoms with Gasteiger partial charge in [-0.1, -0.05) is 0 Å². The predicted molar refractivity (Wildman–Crippen MR) is 38.5 cm³/mol. The molecule has 1 atom stereocenters. The van der Waals surface area contributed by atoms with Crippen molar-refractivity contribution in [2.24, 2.45) is 5.73 Å². The van der Waals surface area contributed by atoms with E-state index in [2.05, 4.69) is 0 Å². The van der Waals surface area contributed by atoms with E-state index in [0.717, 1.165) is 0 Å². The zero-order valence-electron chi connectivity index (χ0n) is 6.92. The van der Waals surface area contributed by atoms with Crippen LogP contribution in [0.5, 0.6) is 0 Å². The van der Waals surface area contributed by atoms with Gasteiger partial charge in [0, 0.05) is 13.0 Å². The van der Waals surface area contributed by atoms with Crippen LogP contribution in [-0.4, -0.2) is 18.4 Å². The van der Waals surface area contributed by atoms with E-state index in [1.807, 2.05) is 0 Å². The first-order valence-corrected chi connectivity index (χ1v) is 3.72. The maximum Gasteiger partial charge on any atom is 0.389 e. The zero-order valence-corrected chi connectivity index (χ0v) is 6.92. The van der Waals surface area contributed by atoms with E-state index in [1.54, 1.807) is 0 Å². The SMILES string of the molecule is CC(F)(CN)CCCC(F)(F)F. The Morgan fingerprint density at radius 2 is 1.58 bits per heavy atom. The van der Waals surface area contributed by atoms with Crippen LogP contribution in [0, 0.1) is 0 Å². The minimum Gasteiger partial charge on any atom is -0.328 e. The molecule has 12 heavy (non-hydrogen) atoms. The molecular weight excluding hydrogens is 174 g/mol. The number of nitrogens with two attached hydrogens (primary N) is 1. The fourth-order valence-corrected chi connectivity index (χ4v) is 0.759. The molecule has 2 N–H and O–H groups in total. The Balaban J connectivity index is 3.57. The number of alkyl halides is 4. The molecule has 0 amide bonds.